The van der Waals surface area contributed by atoms with E-state index in [-0.39, 0.29) is 0 Å². The van der Waals surface area contributed by atoms with Gasteiger partial charge < -0.3 is 5.32 Å². The van der Waals surface area contributed by atoms with E-state index in [2.05, 4.69) is 36.1 Å². The predicted octanol–water partition coefficient (Wildman–Crippen LogP) is 3.85. The van der Waals surface area contributed by atoms with Gasteiger partial charge in [-0.15, -0.1) is 0 Å². The molecule has 0 bridgehead atoms. The van der Waals surface area contributed by atoms with Crippen LogP contribution in [0.3, 0.4) is 0 Å². The molecule has 0 saturated heterocycles. The summed E-state index contributed by atoms with van der Waals surface area (Å²) in [6.45, 7) is 2.36. The summed E-state index contributed by atoms with van der Waals surface area (Å²) in [5.74, 6) is 0. The topological polar surface area (TPSA) is 12.0 Å². The third kappa shape index (κ3) is 2.33. The van der Waals surface area contributed by atoms with Crippen LogP contribution in [-0.2, 0) is 6.42 Å². The minimum absolute atomic E-state index is 0.566. The molecule has 0 aliphatic heterocycles. The largest absolute Gasteiger partial charge is 0.316 e. The van der Waals surface area contributed by atoms with Crippen LogP contribution in [0, 0.1) is 5.41 Å². The molecule has 1 saturated carbocycles. The highest BCUT2D eigenvalue weighted by Crippen LogP contribution is 2.44. The minimum atomic E-state index is 0.566. The molecule has 1 nitrogen and oxygen atoms in total. The van der Waals surface area contributed by atoms with Gasteiger partial charge in [-0.3, -0.25) is 0 Å². The maximum Gasteiger partial charge on any atom is 0.0161 e. The van der Waals surface area contributed by atoms with Crippen molar-refractivity contribution in [2.75, 3.05) is 7.05 Å². The molecule has 0 amide bonds. The summed E-state index contributed by atoms with van der Waals surface area (Å²) in [5.41, 5.74) is 2.07. The smallest absolute Gasteiger partial charge is 0.0161 e. The highest BCUT2D eigenvalue weighted by Gasteiger charge is 2.38. The number of nitrogens with one attached hydrogen (secondary N) is 1. The highest BCUT2D eigenvalue weighted by molar-refractivity contribution is 7.07. The molecule has 0 spiro atoms. The Labute approximate surface area is 103 Å². The van der Waals surface area contributed by atoms with Crippen LogP contribution < -0.4 is 5.32 Å². The van der Waals surface area contributed by atoms with Gasteiger partial charge in [0.25, 0.3) is 0 Å². The molecule has 1 unspecified atom stereocenters. The molecule has 1 aliphatic carbocycles. The first kappa shape index (κ1) is 12.1. The molecule has 1 aromatic rings. The van der Waals surface area contributed by atoms with E-state index in [1.165, 1.54) is 44.1 Å². The molecule has 1 aromatic heterocycles. The Balaban J connectivity index is 2.08. The zero-order valence-electron chi connectivity index (χ0n) is 10.5. The van der Waals surface area contributed by atoms with Gasteiger partial charge in [-0.05, 0) is 60.5 Å². The zero-order valence-corrected chi connectivity index (χ0v) is 11.3. The van der Waals surface area contributed by atoms with E-state index < -0.39 is 0 Å². The van der Waals surface area contributed by atoms with Gasteiger partial charge >= 0.3 is 0 Å². The molecule has 0 aromatic carbocycles. The Bertz CT molecular complexity index is 299. The fourth-order valence-corrected chi connectivity index (χ4v) is 3.98. The second-order valence-corrected chi connectivity index (χ2v) is 5.88. The molecule has 2 heteroatoms. The normalized spacial score (nSPS) is 21.1. The lowest BCUT2D eigenvalue weighted by atomic mass is 9.74. The average Bonchev–Trinajstić information content (AvgIpc) is 2.97. The number of likely N-dealkylation sites (N-methyl/N-ethyl adjacent to an activating group) is 1. The van der Waals surface area contributed by atoms with Crippen LogP contribution in [0.4, 0.5) is 0 Å². The van der Waals surface area contributed by atoms with Gasteiger partial charge in [-0.1, -0.05) is 19.8 Å². The van der Waals surface area contributed by atoms with Crippen molar-refractivity contribution in [3.63, 3.8) is 0 Å². The standard InChI is InChI=1S/C14H23NS/c1-3-14(7-4-5-8-14)13(15-2)10-12-6-9-16-11-12/h6,9,11,13,15H,3-5,7-8,10H2,1-2H3. The van der Waals surface area contributed by atoms with E-state index >= 15 is 0 Å². The van der Waals surface area contributed by atoms with Crippen molar-refractivity contribution in [2.45, 2.75) is 51.5 Å². The molecule has 0 radical (unpaired) electrons. The van der Waals surface area contributed by atoms with E-state index in [1.807, 2.05) is 11.3 Å². The number of hydrogen-bond donors (Lipinski definition) is 1. The fraction of sp³-hybridized carbons (Fsp3) is 0.714. The van der Waals surface area contributed by atoms with Crippen molar-refractivity contribution in [3.8, 4) is 0 Å². The third-order valence-electron chi connectivity index (χ3n) is 4.41. The van der Waals surface area contributed by atoms with Crippen LogP contribution in [-0.4, -0.2) is 13.1 Å². The SMILES string of the molecule is CCC1(C(Cc2ccsc2)NC)CCCC1. The lowest BCUT2D eigenvalue weighted by Crippen LogP contribution is -2.43. The van der Waals surface area contributed by atoms with Gasteiger partial charge in [0.05, 0.1) is 0 Å². The van der Waals surface area contributed by atoms with Crippen molar-refractivity contribution in [1.29, 1.82) is 0 Å². The number of hydrogen-bond acceptors (Lipinski definition) is 2. The molecule has 1 N–H and O–H groups in total. The molecular weight excluding hydrogens is 214 g/mol. The second kappa shape index (κ2) is 5.33. The Kier molecular flexibility index (Phi) is 4.04. The van der Waals surface area contributed by atoms with Crippen molar-refractivity contribution >= 4 is 11.3 Å². The van der Waals surface area contributed by atoms with Crippen molar-refractivity contribution in [1.82, 2.24) is 5.32 Å². The van der Waals surface area contributed by atoms with Gasteiger partial charge in [0, 0.05) is 6.04 Å². The van der Waals surface area contributed by atoms with E-state index in [4.69, 9.17) is 0 Å². The first-order chi connectivity index (χ1) is 7.80. The second-order valence-electron chi connectivity index (χ2n) is 5.10. The van der Waals surface area contributed by atoms with Crippen LogP contribution in [0.15, 0.2) is 16.8 Å². The molecule has 1 heterocycles. The van der Waals surface area contributed by atoms with Gasteiger partial charge in [0.15, 0.2) is 0 Å². The van der Waals surface area contributed by atoms with E-state index in [9.17, 15) is 0 Å². The first-order valence-electron chi connectivity index (χ1n) is 6.49. The molecular formula is C14H23NS. The molecule has 16 heavy (non-hydrogen) atoms. The maximum atomic E-state index is 3.58. The predicted molar refractivity (Wildman–Crippen MR) is 72.1 cm³/mol. The lowest BCUT2D eigenvalue weighted by molar-refractivity contribution is 0.192. The minimum Gasteiger partial charge on any atom is -0.316 e. The van der Waals surface area contributed by atoms with Gasteiger partial charge in [-0.2, -0.15) is 11.3 Å². The third-order valence-corrected chi connectivity index (χ3v) is 5.14. The maximum absolute atomic E-state index is 3.58. The van der Waals surface area contributed by atoms with Gasteiger partial charge in [0.2, 0.25) is 0 Å². The molecule has 1 atom stereocenters. The molecule has 90 valence electrons. The number of thiophene rings is 1. The zero-order chi connectivity index (χ0) is 11.4. The monoisotopic (exact) mass is 237 g/mol. The van der Waals surface area contributed by atoms with E-state index in [0.717, 1.165) is 0 Å². The Morgan fingerprint density at radius 2 is 2.19 bits per heavy atom. The van der Waals surface area contributed by atoms with Crippen molar-refractivity contribution in [3.05, 3.63) is 22.4 Å². The summed E-state index contributed by atoms with van der Waals surface area (Å²) >= 11 is 1.81. The van der Waals surface area contributed by atoms with Crippen LogP contribution in [0.2, 0.25) is 0 Å². The first-order valence-corrected chi connectivity index (χ1v) is 7.43. The van der Waals surface area contributed by atoms with Gasteiger partial charge in [-0.25, -0.2) is 0 Å². The van der Waals surface area contributed by atoms with Crippen LogP contribution >= 0.6 is 11.3 Å². The Morgan fingerprint density at radius 3 is 2.69 bits per heavy atom. The summed E-state index contributed by atoms with van der Waals surface area (Å²) in [5, 5.41) is 8.06. The number of rotatable bonds is 5. The Morgan fingerprint density at radius 1 is 1.44 bits per heavy atom. The average molecular weight is 237 g/mol. The van der Waals surface area contributed by atoms with Crippen LogP contribution in [0.25, 0.3) is 0 Å². The Hall–Kier alpha value is -0.340. The molecule has 1 aliphatic rings. The molecule has 1 fully saturated rings. The molecule has 2 rings (SSSR count). The summed E-state index contributed by atoms with van der Waals surface area (Å²) in [6.07, 6.45) is 8.21. The van der Waals surface area contributed by atoms with Crippen molar-refractivity contribution in [2.24, 2.45) is 5.41 Å². The quantitative estimate of drug-likeness (QED) is 0.820. The van der Waals surface area contributed by atoms with Crippen molar-refractivity contribution < 1.29 is 0 Å². The lowest BCUT2D eigenvalue weighted by Gasteiger charge is -2.37. The van der Waals surface area contributed by atoms with E-state index in [1.54, 1.807) is 0 Å². The van der Waals surface area contributed by atoms with Crippen LogP contribution in [0.5, 0.6) is 0 Å². The summed E-state index contributed by atoms with van der Waals surface area (Å²) in [6, 6.07) is 2.93. The summed E-state index contributed by atoms with van der Waals surface area (Å²) in [4.78, 5) is 0. The van der Waals surface area contributed by atoms with Gasteiger partial charge in [0.1, 0.15) is 0 Å². The summed E-state index contributed by atoms with van der Waals surface area (Å²) in [7, 11) is 2.13. The highest BCUT2D eigenvalue weighted by atomic mass is 32.1. The van der Waals surface area contributed by atoms with E-state index in [0.29, 0.717) is 11.5 Å². The van der Waals surface area contributed by atoms with Crippen LogP contribution in [0.1, 0.15) is 44.6 Å². The fourth-order valence-electron chi connectivity index (χ4n) is 3.30. The summed E-state index contributed by atoms with van der Waals surface area (Å²) < 4.78 is 0.